The summed E-state index contributed by atoms with van der Waals surface area (Å²) in [6.07, 6.45) is 1.67. The normalized spacial score (nSPS) is 19.3. The lowest BCUT2D eigenvalue weighted by molar-refractivity contribution is 0.251. The molecule has 126 valence electrons. The van der Waals surface area contributed by atoms with Gasteiger partial charge in [-0.25, -0.2) is 8.42 Å². The number of piperidine rings is 1. The predicted octanol–water partition coefficient (Wildman–Crippen LogP) is 2.23. The maximum Gasteiger partial charge on any atom is 0.245 e. The van der Waals surface area contributed by atoms with E-state index in [9.17, 15) is 8.42 Å². The Morgan fingerprint density at radius 1 is 1.22 bits per heavy atom. The first kappa shape index (κ1) is 16.5. The van der Waals surface area contributed by atoms with Crippen molar-refractivity contribution in [2.45, 2.75) is 37.6 Å². The third-order valence-electron chi connectivity index (χ3n) is 5.18. The molecule has 0 spiro atoms. The first-order valence-corrected chi connectivity index (χ1v) is 9.57. The summed E-state index contributed by atoms with van der Waals surface area (Å²) >= 11 is 0. The minimum Gasteiger partial charge on any atom is -0.347 e. The van der Waals surface area contributed by atoms with Crippen molar-refractivity contribution in [1.29, 1.82) is 0 Å². The van der Waals surface area contributed by atoms with Gasteiger partial charge >= 0.3 is 0 Å². The van der Waals surface area contributed by atoms with E-state index in [0.29, 0.717) is 23.9 Å². The number of benzene rings is 1. The van der Waals surface area contributed by atoms with Crippen LogP contribution in [0, 0.1) is 12.8 Å². The molecular formula is C17H25N3O2S. The largest absolute Gasteiger partial charge is 0.347 e. The lowest BCUT2D eigenvalue weighted by Gasteiger charge is -2.33. The highest BCUT2D eigenvalue weighted by Gasteiger charge is 2.33. The van der Waals surface area contributed by atoms with E-state index in [0.717, 1.165) is 29.4 Å². The van der Waals surface area contributed by atoms with Gasteiger partial charge in [-0.05, 0) is 38.7 Å². The van der Waals surface area contributed by atoms with E-state index in [4.69, 9.17) is 5.73 Å². The van der Waals surface area contributed by atoms with Crippen molar-refractivity contribution < 1.29 is 8.42 Å². The lowest BCUT2D eigenvalue weighted by Crippen LogP contribution is -2.42. The number of sulfonamides is 1. The summed E-state index contributed by atoms with van der Waals surface area (Å²) in [5.41, 5.74) is 7.71. The molecule has 1 aromatic carbocycles. The molecule has 1 atom stereocenters. The number of rotatable bonds is 3. The van der Waals surface area contributed by atoms with Crippen molar-refractivity contribution in [3.05, 3.63) is 30.0 Å². The molecule has 6 heteroatoms. The average Bonchev–Trinajstić information content (AvgIpc) is 2.80. The van der Waals surface area contributed by atoms with Crippen molar-refractivity contribution in [3.8, 4) is 0 Å². The van der Waals surface area contributed by atoms with E-state index in [1.54, 1.807) is 4.31 Å². The van der Waals surface area contributed by atoms with Crippen LogP contribution in [-0.4, -0.2) is 36.4 Å². The summed E-state index contributed by atoms with van der Waals surface area (Å²) < 4.78 is 30.0. The van der Waals surface area contributed by atoms with Gasteiger partial charge in [0.1, 0.15) is 4.90 Å². The van der Waals surface area contributed by atoms with E-state index < -0.39 is 10.0 Å². The van der Waals surface area contributed by atoms with Crippen molar-refractivity contribution >= 4 is 20.9 Å². The highest BCUT2D eigenvalue weighted by molar-refractivity contribution is 7.89. The Bertz CT molecular complexity index is 816. The van der Waals surface area contributed by atoms with Gasteiger partial charge in [-0.3, -0.25) is 0 Å². The van der Waals surface area contributed by atoms with Gasteiger partial charge in [-0.15, -0.1) is 0 Å². The van der Waals surface area contributed by atoms with Gasteiger partial charge in [0.25, 0.3) is 0 Å². The molecule has 0 radical (unpaired) electrons. The molecule has 1 unspecified atom stereocenters. The van der Waals surface area contributed by atoms with Crippen LogP contribution in [0.2, 0.25) is 0 Å². The van der Waals surface area contributed by atoms with Gasteiger partial charge in [-0.1, -0.05) is 18.2 Å². The Hall–Kier alpha value is -1.37. The molecule has 1 aliphatic rings. The number of hydrogen-bond donors (Lipinski definition) is 1. The topological polar surface area (TPSA) is 68.3 Å². The highest BCUT2D eigenvalue weighted by atomic mass is 32.2. The monoisotopic (exact) mass is 335 g/mol. The van der Waals surface area contributed by atoms with Crippen LogP contribution in [0.15, 0.2) is 29.2 Å². The fourth-order valence-corrected chi connectivity index (χ4v) is 5.49. The molecule has 2 N–H and O–H groups in total. The molecule has 0 amide bonds. The van der Waals surface area contributed by atoms with Gasteiger partial charge in [-0.2, -0.15) is 4.31 Å². The number of nitrogens with two attached hydrogens (primary N) is 1. The lowest BCUT2D eigenvalue weighted by atomic mass is 9.92. The summed E-state index contributed by atoms with van der Waals surface area (Å²) in [7, 11) is -1.56. The average molecular weight is 335 g/mol. The molecule has 5 nitrogen and oxygen atoms in total. The smallest absolute Gasteiger partial charge is 0.245 e. The van der Waals surface area contributed by atoms with Crippen molar-refractivity contribution in [2.75, 3.05) is 13.1 Å². The second-order valence-electron chi connectivity index (χ2n) is 6.59. The SMILES string of the molecule is Cc1c(S(=O)(=O)N2CCC(C(C)N)CC2)c2ccccc2n1C. The number of aryl methyl sites for hydroxylation is 1. The van der Waals surface area contributed by atoms with Crippen LogP contribution < -0.4 is 5.73 Å². The molecule has 23 heavy (non-hydrogen) atoms. The van der Waals surface area contributed by atoms with Crippen LogP contribution in [0.4, 0.5) is 0 Å². The van der Waals surface area contributed by atoms with E-state index in [-0.39, 0.29) is 6.04 Å². The molecule has 1 aliphatic heterocycles. The van der Waals surface area contributed by atoms with E-state index in [1.165, 1.54) is 0 Å². The maximum atomic E-state index is 13.2. The van der Waals surface area contributed by atoms with Gasteiger partial charge in [0.15, 0.2) is 0 Å². The summed E-state index contributed by atoms with van der Waals surface area (Å²) in [5, 5.41) is 0.807. The van der Waals surface area contributed by atoms with Crippen LogP contribution >= 0.6 is 0 Å². The zero-order valence-corrected chi connectivity index (χ0v) is 14.8. The molecule has 3 rings (SSSR count). The van der Waals surface area contributed by atoms with Gasteiger partial charge in [0, 0.05) is 42.8 Å². The Kier molecular flexibility index (Phi) is 4.25. The molecule has 1 aromatic heterocycles. The quantitative estimate of drug-likeness (QED) is 0.935. The summed E-state index contributed by atoms with van der Waals surface area (Å²) in [4.78, 5) is 0.454. The van der Waals surface area contributed by atoms with E-state index in [2.05, 4.69) is 0 Å². The molecule has 2 aromatic rings. The third kappa shape index (κ3) is 2.69. The van der Waals surface area contributed by atoms with E-state index >= 15 is 0 Å². The second-order valence-corrected chi connectivity index (χ2v) is 8.47. The van der Waals surface area contributed by atoms with Gasteiger partial charge in [0.05, 0.1) is 0 Å². The first-order valence-electron chi connectivity index (χ1n) is 8.13. The number of hydrogen-bond acceptors (Lipinski definition) is 3. The Morgan fingerprint density at radius 2 is 1.83 bits per heavy atom. The third-order valence-corrected chi connectivity index (χ3v) is 7.26. The van der Waals surface area contributed by atoms with Crippen LogP contribution in [0.3, 0.4) is 0 Å². The molecule has 0 aliphatic carbocycles. The maximum absolute atomic E-state index is 13.2. The molecular weight excluding hydrogens is 310 g/mol. The fraction of sp³-hybridized carbons (Fsp3) is 0.529. The zero-order valence-electron chi connectivity index (χ0n) is 14.0. The predicted molar refractivity (Wildman–Crippen MR) is 92.8 cm³/mol. The standard InChI is InChI=1S/C17H25N3O2S/c1-12(18)14-8-10-20(11-9-14)23(21,22)17-13(2)19(3)16-7-5-4-6-15(16)17/h4-7,12,14H,8-11,18H2,1-3H3. The minimum atomic E-state index is -3.48. The number of nitrogens with zero attached hydrogens (tertiary/aromatic N) is 2. The van der Waals surface area contributed by atoms with Gasteiger partial charge < -0.3 is 10.3 Å². The molecule has 0 saturated carbocycles. The second kappa shape index (κ2) is 5.92. The first-order chi connectivity index (χ1) is 10.8. The van der Waals surface area contributed by atoms with Crippen LogP contribution in [0.25, 0.3) is 10.9 Å². The Balaban J connectivity index is 2.00. The minimum absolute atomic E-state index is 0.124. The van der Waals surface area contributed by atoms with Crippen LogP contribution in [-0.2, 0) is 17.1 Å². The highest BCUT2D eigenvalue weighted by Crippen LogP contribution is 2.33. The summed E-state index contributed by atoms with van der Waals surface area (Å²) in [6, 6.07) is 7.81. The number of aromatic nitrogens is 1. The fourth-order valence-electron chi connectivity index (χ4n) is 3.58. The summed E-state index contributed by atoms with van der Waals surface area (Å²) in [5.74, 6) is 0.412. The summed E-state index contributed by atoms with van der Waals surface area (Å²) in [6.45, 7) is 4.99. The van der Waals surface area contributed by atoms with Crippen molar-refractivity contribution in [2.24, 2.45) is 18.7 Å². The molecule has 0 bridgehead atoms. The molecule has 2 heterocycles. The van der Waals surface area contributed by atoms with Crippen LogP contribution in [0.5, 0.6) is 0 Å². The van der Waals surface area contributed by atoms with E-state index in [1.807, 2.05) is 49.7 Å². The van der Waals surface area contributed by atoms with Gasteiger partial charge in [0.2, 0.25) is 10.0 Å². The molecule has 1 saturated heterocycles. The Labute approximate surface area is 138 Å². The molecule has 1 fully saturated rings. The van der Waals surface area contributed by atoms with Crippen LogP contribution in [0.1, 0.15) is 25.5 Å². The number of para-hydroxylation sites is 1. The zero-order chi connectivity index (χ0) is 16.8. The number of fused-ring (bicyclic) bond motifs is 1. The Morgan fingerprint density at radius 3 is 2.43 bits per heavy atom. The van der Waals surface area contributed by atoms with Crippen molar-refractivity contribution in [1.82, 2.24) is 8.87 Å². The van der Waals surface area contributed by atoms with Crippen molar-refractivity contribution in [3.63, 3.8) is 0 Å².